The average Bonchev–Trinajstić information content (AvgIpc) is 2.86. The molecule has 0 saturated carbocycles. The molecule has 0 aliphatic carbocycles. The van der Waals surface area contributed by atoms with Gasteiger partial charge in [0.25, 0.3) is 5.91 Å². The zero-order chi connectivity index (χ0) is 14.7. The molecule has 2 rings (SSSR count). The third-order valence-electron chi connectivity index (χ3n) is 2.96. The molecule has 0 aromatic carbocycles. The Morgan fingerprint density at radius 2 is 2.15 bits per heavy atom. The van der Waals surface area contributed by atoms with Crippen LogP contribution < -0.4 is 10.6 Å². The van der Waals surface area contributed by atoms with Gasteiger partial charge in [0.05, 0.1) is 17.4 Å². The van der Waals surface area contributed by atoms with Gasteiger partial charge in [-0.15, -0.1) is 0 Å². The molecule has 0 bridgehead atoms. The lowest BCUT2D eigenvalue weighted by molar-refractivity contribution is 0.102. The zero-order valence-electron chi connectivity index (χ0n) is 12.1. The molecule has 0 saturated heterocycles. The van der Waals surface area contributed by atoms with Gasteiger partial charge in [-0.2, -0.15) is 5.10 Å². The molecule has 2 N–H and O–H groups in total. The van der Waals surface area contributed by atoms with Crippen LogP contribution in [0.25, 0.3) is 0 Å². The maximum atomic E-state index is 12.3. The van der Waals surface area contributed by atoms with Crippen molar-refractivity contribution < 1.29 is 4.79 Å². The number of aryl methyl sites for hydroxylation is 1. The molecule has 0 aliphatic rings. The lowest BCUT2D eigenvalue weighted by atomic mass is 10.2. The van der Waals surface area contributed by atoms with E-state index in [0.717, 1.165) is 11.4 Å². The molecule has 2 aromatic rings. The summed E-state index contributed by atoms with van der Waals surface area (Å²) in [4.78, 5) is 16.5. The molecule has 6 heteroatoms. The lowest BCUT2D eigenvalue weighted by Gasteiger charge is -2.13. The van der Waals surface area contributed by atoms with Crippen LogP contribution in [0.3, 0.4) is 0 Å². The Balaban J connectivity index is 2.26. The molecule has 0 radical (unpaired) electrons. The maximum absolute atomic E-state index is 12.3. The van der Waals surface area contributed by atoms with Crippen LogP contribution in [0, 0.1) is 6.92 Å². The summed E-state index contributed by atoms with van der Waals surface area (Å²) in [6.07, 6.45) is 3.24. The second kappa shape index (κ2) is 5.73. The average molecular weight is 273 g/mol. The minimum Gasteiger partial charge on any atom is -0.387 e. The highest BCUT2D eigenvalue weighted by Crippen LogP contribution is 2.18. The second-order valence-corrected chi connectivity index (χ2v) is 4.83. The fourth-order valence-corrected chi connectivity index (χ4v) is 1.96. The van der Waals surface area contributed by atoms with Gasteiger partial charge in [-0.25, -0.2) is 4.68 Å². The van der Waals surface area contributed by atoms with Crippen molar-refractivity contribution in [1.82, 2.24) is 14.8 Å². The van der Waals surface area contributed by atoms with Gasteiger partial charge in [-0.3, -0.25) is 9.78 Å². The van der Waals surface area contributed by atoms with Gasteiger partial charge < -0.3 is 10.6 Å². The van der Waals surface area contributed by atoms with Crippen LogP contribution >= 0.6 is 0 Å². The van der Waals surface area contributed by atoms with Crippen molar-refractivity contribution in [3.63, 3.8) is 0 Å². The number of aromatic nitrogens is 3. The Hall–Kier alpha value is -2.37. The maximum Gasteiger partial charge on any atom is 0.260 e. The Morgan fingerprint density at radius 1 is 1.40 bits per heavy atom. The predicted molar refractivity (Wildman–Crippen MR) is 79.1 cm³/mol. The molecule has 2 heterocycles. The van der Waals surface area contributed by atoms with Crippen molar-refractivity contribution in [2.75, 3.05) is 17.7 Å². The van der Waals surface area contributed by atoms with Crippen molar-refractivity contribution in [2.24, 2.45) is 0 Å². The van der Waals surface area contributed by atoms with Crippen molar-refractivity contribution in [1.29, 1.82) is 0 Å². The van der Waals surface area contributed by atoms with E-state index in [1.54, 1.807) is 30.2 Å². The topological polar surface area (TPSA) is 71.8 Å². The third kappa shape index (κ3) is 2.79. The van der Waals surface area contributed by atoms with Gasteiger partial charge in [-0.05, 0) is 26.8 Å². The summed E-state index contributed by atoms with van der Waals surface area (Å²) >= 11 is 0. The van der Waals surface area contributed by atoms with E-state index in [1.165, 1.54) is 0 Å². The molecular weight excluding hydrogens is 254 g/mol. The van der Waals surface area contributed by atoms with E-state index in [0.29, 0.717) is 11.4 Å². The highest BCUT2D eigenvalue weighted by molar-refractivity contribution is 6.07. The summed E-state index contributed by atoms with van der Waals surface area (Å²) in [5.41, 5.74) is 2.12. The van der Waals surface area contributed by atoms with Crippen LogP contribution in [-0.4, -0.2) is 27.7 Å². The number of nitrogens with zero attached hydrogens (tertiary/aromatic N) is 3. The second-order valence-electron chi connectivity index (χ2n) is 4.83. The SMILES string of the molecule is CNc1cc(C)ncc1C(=O)Nc1ccnn1C(C)C. The first-order chi connectivity index (χ1) is 9.52. The van der Waals surface area contributed by atoms with Gasteiger partial charge in [0.2, 0.25) is 0 Å². The van der Waals surface area contributed by atoms with Gasteiger partial charge in [-0.1, -0.05) is 0 Å². The minimum absolute atomic E-state index is 0.181. The normalized spacial score (nSPS) is 10.7. The van der Waals surface area contributed by atoms with E-state index in [1.807, 2.05) is 26.8 Å². The summed E-state index contributed by atoms with van der Waals surface area (Å²) in [6, 6.07) is 3.80. The number of rotatable bonds is 4. The van der Waals surface area contributed by atoms with E-state index in [4.69, 9.17) is 0 Å². The van der Waals surface area contributed by atoms with E-state index < -0.39 is 0 Å². The van der Waals surface area contributed by atoms with Crippen LogP contribution in [-0.2, 0) is 0 Å². The Bertz CT molecular complexity index is 618. The Morgan fingerprint density at radius 3 is 2.80 bits per heavy atom. The molecule has 0 spiro atoms. The number of carbonyl (C=O) groups is 1. The summed E-state index contributed by atoms with van der Waals surface area (Å²) in [5, 5.41) is 10.1. The molecule has 6 nitrogen and oxygen atoms in total. The number of hydrogen-bond acceptors (Lipinski definition) is 4. The minimum atomic E-state index is -0.204. The van der Waals surface area contributed by atoms with Crippen LogP contribution in [0.2, 0.25) is 0 Å². The quantitative estimate of drug-likeness (QED) is 0.897. The predicted octanol–water partition coefficient (Wildman–Crippen LogP) is 2.46. The molecule has 0 atom stereocenters. The zero-order valence-corrected chi connectivity index (χ0v) is 12.1. The van der Waals surface area contributed by atoms with Crippen molar-refractivity contribution in [2.45, 2.75) is 26.8 Å². The van der Waals surface area contributed by atoms with E-state index in [-0.39, 0.29) is 11.9 Å². The Kier molecular flexibility index (Phi) is 4.02. The van der Waals surface area contributed by atoms with Gasteiger partial charge in [0.15, 0.2) is 0 Å². The monoisotopic (exact) mass is 273 g/mol. The molecule has 106 valence electrons. The summed E-state index contributed by atoms with van der Waals surface area (Å²) in [6.45, 7) is 5.90. The van der Waals surface area contributed by atoms with Gasteiger partial charge in [0.1, 0.15) is 5.82 Å². The molecule has 0 unspecified atom stereocenters. The number of hydrogen-bond donors (Lipinski definition) is 2. The van der Waals surface area contributed by atoms with E-state index in [2.05, 4.69) is 20.7 Å². The lowest BCUT2D eigenvalue weighted by Crippen LogP contribution is -2.18. The molecule has 20 heavy (non-hydrogen) atoms. The van der Waals surface area contributed by atoms with E-state index in [9.17, 15) is 4.79 Å². The third-order valence-corrected chi connectivity index (χ3v) is 2.96. The summed E-state index contributed by atoms with van der Waals surface area (Å²) < 4.78 is 1.76. The highest BCUT2D eigenvalue weighted by atomic mass is 16.1. The number of pyridine rings is 1. The summed E-state index contributed by atoms with van der Waals surface area (Å²) in [7, 11) is 1.78. The van der Waals surface area contributed by atoms with Crippen molar-refractivity contribution >= 4 is 17.4 Å². The van der Waals surface area contributed by atoms with Crippen molar-refractivity contribution in [3.05, 3.63) is 35.8 Å². The van der Waals surface area contributed by atoms with Crippen LogP contribution in [0.1, 0.15) is 35.9 Å². The number of nitrogens with one attached hydrogen (secondary N) is 2. The molecule has 0 fully saturated rings. The van der Waals surface area contributed by atoms with Crippen LogP contribution in [0.15, 0.2) is 24.5 Å². The molecule has 0 aliphatic heterocycles. The van der Waals surface area contributed by atoms with Gasteiger partial charge in [0, 0.05) is 31.0 Å². The first kappa shape index (κ1) is 14.0. The molecule has 2 aromatic heterocycles. The van der Waals surface area contributed by atoms with Crippen LogP contribution in [0.5, 0.6) is 0 Å². The van der Waals surface area contributed by atoms with E-state index >= 15 is 0 Å². The van der Waals surface area contributed by atoms with Gasteiger partial charge >= 0.3 is 0 Å². The van der Waals surface area contributed by atoms with Crippen molar-refractivity contribution in [3.8, 4) is 0 Å². The molecule has 1 amide bonds. The number of anilines is 2. The fourth-order valence-electron chi connectivity index (χ4n) is 1.96. The Labute approximate surface area is 118 Å². The standard InChI is InChI=1S/C14H19N5O/c1-9(2)19-13(5-6-17-19)18-14(20)11-8-16-10(3)7-12(11)15-4/h5-9H,1-4H3,(H,15,16)(H,18,20). The largest absolute Gasteiger partial charge is 0.387 e. The fraction of sp³-hybridized carbons (Fsp3) is 0.357. The first-order valence-corrected chi connectivity index (χ1v) is 6.52. The number of carbonyl (C=O) groups excluding carboxylic acids is 1. The first-order valence-electron chi connectivity index (χ1n) is 6.52. The van der Waals surface area contributed by atoms with Crippen LogP contribution in [0.4, 0.5) is 11.5 Å². The highest BCUT2D eigenvalue weighted by Gasteiger charge is 2.14. The smallest absolute Gasteiger partial charge is 0.260 e. The summed E-state index contributed by atoms with van der Waals surface area (Å²) in [5.74, 6) is 0.469. The number of amides is 1. The molecular formula is C14H19N5O.